The van der Waals surface area contributed by atoms with E-state index in [9.17, 15) is 19.5 Å². The Morgan fingerprint density at radius 3 is 0.914 bits per heavy atom. The number of rotatable bonds is 69. The summed E-state index contributed by atoms with van der Waals surface area (Å²) >= 11 is 0. The standard InChI is InChI=1S/C84H141NO8/c1-6-8-10-12-14-16-18-20-22-24-26-28-30-32-34-35-36-37-38-39-40-41-42-43-44-45-46-47-49-51-53-55-57-59-61-63-65-67-69-71-73-75-82(87)93-80(79-92-84(83(88)89)90-77-76-85(3,4)5)78-91-81(86)74-72-70-68-66-64-62-60-58-56-54-52-50-48-33-31-29-27-25-23-21-19-17-15-13-11-9-7-2/h8,10,14,16,19-22,25-28,31-34,36-37,39-40,42-43,45-46,80,84H,6-7,9,11-13,15,17-18,23-24,29-30,35,38,41,44,47-79H2,1-5H3/p+1/b10-8-,16-14-,21-19-,22-20-,27-25-,28-26-,33-31-,34-32-,37-36-,40-39-,43-42-,46-45-. The van der Waals surface area contributed by atoms with Crippen molar-refractivity contribution in [3.05, 3.63) is 146 Å². The molecule has 0 aromatic heterocycles. The number of likely N-dealkylation sites (N-methyl/N-ethyl adjacent to an activating group) is 1. The van der Waals surface area contributed by atoms with Gasteiger partial charge in [-0.05, 0) is 122 Å². The van der Waals surface area contributed by atoms with Crippen LogP contribution in [-0.4, -0.2) is 87.4 Å². The number of unbranched alkanes of at least 4 members (excludes halogenated alkanes) is 30. The lowest BCUT2D eigenvalue weighted by Crippen LogP contribution is -2.40. The van der Waals surface area contributed by atoms with Gasteiger partial charge in [-0.25, -0.2) is 4.79 Å². The summed E-state index contributed by atoms with van der Waals surface area (Å²) in [6.07, 6.45) is 104. The van der Waals surface area contributed by atoms with E-state index in [4.69, 9.17) is 18.9 Å². The van der Waals surface area contributed by atoms with E-state index in [0.29, 0.717) is 23.9 Å². The molecule has 0 rings (SSSR count). The normalized spacial score (nSPS) is 13.5. The van der Waals surface area contributed by atoms with E-state index in [-0.39, 0.29) is 32.2 Å². The molecule has 0 aromatic rings. The molecule has 2 atom stereocenters. The van der Waals surface area contributed by atoms with E-state index in [1.54, 1.807) is 0 Å². The monoisotopic (exact) mass is 1290 g/mol. The average Bonchev–Trinajstić information content (AvgIpc) is 3.38. The highest BCUT2D eigenvalue weighted by Gasteiger charge is 2.25. The Morgan fingerprint density at radius 2 is 0.613 bits per heavy atom. The van der Waals surface area contributed by atoms with Gasteiger partial charge < -0.3 is 28.5 Å². The summed E-state index contributed by atoms with van der Waals surface area (Å²) in [5.41, 5.74) is 0. The quantitative estimate of drug-likeness (QED) is 0.0211. The van der Waals surface area contributed by atoms with Crippen LogP contribution in [0.3, 0.4) is 0 Å². The molecule has 0 amide bonds. The van der Waals surface area contributed by atoms with Crippen LogP contribution in [0.4, 0.5) is 0 Å². The molecule has 0 heterocycles. The fraction of sp³-hybridized carbons (Fsp3) is 0.679. The lowest BCUT2D eigenvalue weighted by molar-refractivity contribution is -0.870. The van der Waals surface area contributed by atoms with Gasteiger partial charge in [0.1, 0.15) is 13.2 Å². The lowest BCUT2D eigenvalue weighted by Gasteiger charge is -2.25. The van der Waals surface area contributed by atoms with Gasteiger partial charge in [0.25, 0.3) is 6.29 Å². The van der Waals surface area contributed by atoms with Crippen molar-refractivity contribution in [2.45, 2.75) is 322 Å². The number of aliphatic carboxylic acids is 1. The molecule has 0 aliphatic rings. The maximum Gasteiger partial charge on any atom is 0.361 e. The molecule has 0 aliphatic heterocycles. The first-order valence-corrected chi connectivity index (χ1v) is 38.0. The van der Waals surface area contributed by atoms with E-state index in [1.807, 2.05) is 21.1 Å². The van der Waals surface area contributed by atoms with Crippen molar-refractivity contribution in [3.8, 4) is 0 Å². The molecular formula is C84H142NO8+. The zero-order valence-corrected chi connectivity index (χ0v) is 60.6. The van der Waals surface area contributed by atoms with Crippen molar-refractivity contribution >= 4 is 17.9 Å². The highest BCUT2D eigenvalue weighted by atomic mass is 16.7. The molecule has 0 spiro atoms. The van der Waals surface area contributed by atoms with Crippen molar-refractivity contribution < 1.29 is 42.9 Å². The predicted octanol–water partition coefficient (Wildman–Crippen LogP) is 24.3. The van der Waals surface area contributed by atoms with Crippen molar-refractivity contribution in [2.75, 3.05) is 47.5 Å². The molecule has 0 aliphatic carbocycles. The minimum absolute atomic E-state index is 0.182. The van der Waals surface area contributed by atoms with Gasteiger partial charge in [0.2, 0.25) is 0 Å². The van der Waals surface area contributed by atoms with Crippen LogP contribution in [0.1, 0.15) is 309 Å². The molecule has 0 bridgehead atoms. The number of allylic oxidation sites excluding steroid dienone is 24. The second-order valence-electron chi connectivity index (χ2n) is 26.2. The van der Waals surface area contributed by atoms with E-state index in [2.05, 4.69) is 160 Å². The minimum Gasteiger partial charge on any atom is -0.477 e. The van der Waals surface area contributed by atoms with Gasteiger partial charge in [0.05, 0.1) is 34.4 Å². The fourth-order valence-corrected chi connectivity index (χ4v) is 10.3. The first-order valence-electron chi connectivity index (χ1n) is 38.0. The van der Waals surface area contributed by atoms with Crippen LogP contribution >= 0.6 is 0 Å². The molecule has 1 N–H and O–H groups in total. The second-order valence-corrected chi connectivity index (χ2v) is 26.2. The smallest absolute Gasteiger partial charge is 0.361 e. The number of carbonyl (C=O) groups is 3. The van der Waals surface area contributed by atoms with E-state index >= 15 is 0 Å². The summed E-state index contributed by atoms with van der Waals surface area (Å²) in [6.45, 7) is 4.76. The molecular weight excluding hydrogens is 1150 g/mol. The van der Waals surface area contributed by atoms with Crippen molar-refractivity contribution in [3.63, 3.8) is 0 Å². The average molecular weight is 1290 g/mol. The molecule has 530 valence electrons. The number of nitrogens with zero attached hydrogens (tertiary/aromatic N) is 1. The molecule has 0 radical (unpaired) electrons. The third-order valence-corrected chi connectivity index (χ3v) is 16.1. The predicted molar refractivity (Wildman–Crippen MR) is 400 cm³/mol. The zero-order chi connectivity index (χ0) is 67.5. The van der Waals surface area contributed by atoms with Gasteiger partial charge in [-0.2, -0.15) is 0 Å². The molecule has 0 fully saturated rings. The summed E-state index contributed by atoms with van der Waals surface area (Å²) < 4.78 is 23.0. The maximum absolute atomic E-state index is 13.0. The van der Waals surface area contributed by atoms with E-state index < -0.39 is 24.3 Å². The van der Waals surface area contributed by atoms with Crippen LogP contribution in [0.15, 0.2) is 146 Å². The topological polar surface area (TPSA) is 108 Å². The van der Waals surface area contributed by atoms with Gasteiger partial charge in [-0.1, -0.05) is 320 Å². The van der Waals surface area contributed by atoms with Crippen LogP contribution in [0.2, 0.25) is 0 Å². The Hall–Kier alpha value is -4.83. The highest BCUT2D eigenvalue weighted by molar-refractivity contribution is 5.71. The highest BCUT2D eigenvalue weighted by Crippen LogP contribution is 2.17. The van der Waals surface area contributed by atoms with Gasteiger partial charge in [0, 0.05) is 12.8 Å². The van der Waals surface area contributed by atoms with E-state index in [1.165, 1.54) is 167 Å². The summed E-state index contributed by atoms with van der Waals surface area (Å²) in [5, 5.41) is 9.76. The number of hydrogen-bond acceptors (Lipinski definition) is 7. The van der Waals surface area contributed by atoms with Crippen molar-refractivity contribution in [1.82, 2.24) is 0 Å². The number of carboxylic acids is 1. The van der Waals surface area contributed by atoms with Crippen LogP contribution < -0.4 is 0 Å². The van der Waals surface area contributed by atoms with Gasteiger partial charge >= 0.3 is 17.9 Å². The number of carboxylic acid groups (broad SMARTS) is 1. The van der Waals surface area contributed by atoms with Crippen LogP contribution in [0.5, 0.6) is 0 Å². The molecule has 93 heavy (non-hydrogen) atoms. The Kier molecular flexibility index (Phi) is 69.2. The van der Waals surface area contributed by atoms with Crippen LogP contribution in [0, 0.1) is 0 Å². The van der Waals surface area contributed by atoms with E-state index in [0.717, 1.165) is 109 Å². The summed E-state index contributed by atoms with van der Waals surface area (Å²) in [4.78, 5) is 37.7. The van der Waals surface area contributed by atoms with Crippen molar-refractivity contribution in [2.24, 2.45) is 0 Å². The molecule has 0 saturated carbocycles. The first kappa shape index (κ1) is 88.2. The summed E-state index contributed by atoms with van der Waals surface area (Å²) in [7, 11) is 5.98. The number of esters is 2. The Morgan fingerprint density at radius 1 is 0.333 bits per heavy atom. The first-order chi connectivity index (χ1) is 45.6. The zero-order valence-electron chi connectivity index (χ0n) is 60.6. The lowest BCUT2D eigenvalue weighted by atomic mass is 10.0. The molecule has 9 heteroatoms. The largest absolute Gasteiger partial charge is 0.477 e. The Balaban J connectivity index is 4.10. The summed E-state index contributed by atoms with van der Waals surface area (Å²) in [5.74, 6) is -2.01. The number of ether oxygens (including phenoxy) is 4. The van der Waals surface area contributed by atoms with Gasteiger partial charge in [-0.3, -0.25) is 9.59 Å². The molecule has 0 saturated heterocycles. The Bertz CT molecular complexity index is 2040. The Labute approximate surface area is 572 Å². The molecule has 9 nitrogen and oxygen atoms in total. The third kappa shape index (κ3) is 74.4. The van der Waals surface area contributed by atoms with Crippen LogP contribution in [-0.2, 0) is 33.3 Å². The number of quaternary nitrogens is 1. The van der Waals surface area contributed by atoms with Gasteiger partial charge in [-0.15, -0.1) is 0 Å². The van der Waals surface area contributed by atoms with Gasteiger partial charge in [0.15, 0.2) is 6.10 Å². The third-order valence-electron chi connectivity index (χ3n) is 16.1. The maximum atomic E-state index is 13.0. The molecule has 2 unspecified atom stereocenters. The van der Waals surface area contributed by atoms with Crippen molar-refractivity contribution in [1.29, 1.82) is 0 Å². The molecule has 0 aromatic carbocycles. The number of hydrogen-bond donors (Lipinski definition) is 1. The van der Waals surface area contributed by atoms with Crippen LogP contribution in [0.25, 0.3) is 0 Å². The SMILES string of the molecule is CC/C=C\C/C=C\C/C=C\C/C=C\C/C=C\C/C=C\C/C=C\C/C=C\C/C=C\CCCCCCCCCCCCCCCC(=O)OC(COC(=O)CCCCCCCCCCCCCC/C=C\C/C=C\C/C=C\CCCCCCC)COC(OCC[N+](C)(C)C)C(=O)O. The fourth-order valence-electron chi connectivity index (χ4n) is 10.3. The minimum atomic E-state index is -1.52. The second kappa shape index (κ2) is 73.0. The number of carbonyl (C=O) groups excluding carboxylic acids is 2. The summed E-state index contributed by atoms with van der Waals surface area (Å²) in [6, 6.07) is 0.